The lowest BCUT2D eigenvalue weighted by Crippen LogP contribution is -2.21. The van der Waals surface area contributed by atoms with Gasteiger partial charge >= 0.3 is 12.0 Å². The topological polar surface area (TPSA) is 97.2 Å². The molecule has 0 aliphatic heterocycles. The summed E-state index contributed by atoms with van der Waals surface area (Å²) in [6, 6.07) is 8.55. The van der Waals surface area contributed by atoms with Gasteiger partial charge < -0.3 is 20.8 Å². The van der Waals surface area contributed by atoms with E-state index in [4.69, 9.17) is 5.73 Å². The molecule has 0 saturated carbocycles. The van der Waals surface area contributed by atoms with Crippen LogP contribution in [-0.4, -0.2) is 24.1 Å². The minimum Gasteiger partial charge on any atom is -0.464 e. The maximum Gasteiger partial charge on any atom is 0.356 e. The molecule has 2 rings (SSSR count). The number of hydrogen-bond donors (Lipinski definition) is 3. The zero-order valence-corrected chi connectivity index (χ0v) is 10.3. The van der Waals surface area contributed by atoms with E-state index < -0.39 is 12.0 Å². The van der Waals surface area contributed by atoms with Gasteiger partial charge in [-0.3, -0.25) is 0 Å². The van der Waals surface area contributed by atoms with Crippen LogP contribution in [0.4, 0.5) is 10.5 Å². The third kappa shape index (κ3) is 2.57. The fourth-order valence-corrected chi connectivity index (χ4v) is 1.78. The number of nitrogens with one attached hydrogen (secondary N) is 2. The van der Waals surface area contributed by atoms with Crippen LogP contribution in [0.15, 0.2) is 36.5 Å². The number of methoxy groups -OCH3 is 1. The number of benzene rings is 1. The van der Waals surface area contributed by atoms with Crippen molar-refractivity contribution in [1.29, 1.82) is 0 Å². The Morgan fingerprint density at radius 2 is 1.95 bits per heavy atom. The average molecular weight is 259 g/mol. The number of aromatic nitrogens is 1. The van der Waals surface area contributed by atoms with Crippen LogP contribution in [0.2, 0.25) is 0 Å². The Hall–Kier alpha value is -2.76. The number of aromatic amines is 1. The van der Waals surface area contributed by atoms with Crippen molar-refractivity contribution < 1.29 is 14.3 Å². The minimum absolute atomic E-state index is 0.153. The molecule has 0 spiro atoms. The predicted molar refractivity (Wildman–Crippen MR) is 70.8 cm³/mol. The molecule has 1 aromatic heterocycles. The zero-order chi connectivity index (χ0) is 13.8. The van der Waals surface area contributed by atoms with Crippen LogP contribution in [0.3, 0.4) is 0 Å². The van der Waals surface area contributed by atoms with Crippen molar-refractivity contribution in [2.45, 2.75) is 0 Å². The van der Waals surface area contributed by atoms with Gasteiger partial charge in [0.1, 0.15) is 5.69 Å². The Kier molecular flexibility index (Phi) is 3.51. The number of anilines is 1. The Balaban J connectivity index is 2.53. The molecular formula is C13H13N3O3. The number of rotatable bonds is 3. The second-order valence-electron chi connectivity index (χ2n) is 3.80. The molecule has 0 unspecified atom stereocenters. The smallest absolute Gasteiger partial charge is 0.356 e. The highest BCUT2D eigenvalue weighted by atomic mass is 16.5. The summed E-state index contributed by atoms with van der Waals surface area (Å²) in [6.45, 7) is 0. The molecule has 1 heterocycles. The second kappa shape index (κ2) is 5.26. The van der Waals surface area contributed by atoms with E-state index in [-0.39, 0.29) is 5.69 Å². The van der Waals surface area contributed by atoms with Crippen molar-refractivity contribution in [2.24, 2.45) is 5.73 Å². The van der Waals surface area contributed by atoms with E-state index in [1.165, 1.54) is 7.11 Å². The number of hydrogen-bond acceptors (Lipinski definition) is 3. The molecule has 0 atom stereocenters. The highest BCUT2D eigenvalue weighted by Crippen LogP contribution is 2.31. The second-order valence-corrected chi connectivity index (χ2v) is 3.80. The molecule has 0 radical (unpaired) electrons. The van der Waals surface area contributed by atoms with Gasteiger partial charge in [0.25, 0.3) is 0 Å². The molecule has 2 aromatic rings. The molecule has 19 heavy (non-hydrogen) atoms. The lowest BCUT2D eigenvalue weighted by Gasteiger charge is -2.06. The summed E-state index contributed by atoms with van der Waals surface area (Å²) in [5.41, 5.74) is 7.10. The van der Waals surface area contributed by atoms with Gasteiger partial charge in [-0.15, -0.1) is 0 Å². The average Bonchev–Trinajstić information content (AvgIpc) is 2.81. The summed E-state index contributed by atoms with van der Waals surface area (Å²) in [4.78, 5) is 25.5. The largest absolute Gasteiger partial charge is 0.464 e. The van der Waals surface area contributed by atoms with E-state index in [2.05, 4.69) is 15.0 Å². The summed E-state index contributed by atoms with van der Waals surface area (Å²) < 4.78 is 4.65. The van der Waals surface area contributed by atoms with E-state index in [1.807, 2.05) is 30.3 Å². The first-order valence-corrected chi connectivity index (χ1v) is 5.55. The monoisotopic (exact) mass is 259 g/mol. The molecule has 6 nitrogen and oxygen atoms in total. The van der Waals surface area contributed by atoms with Gasteiger partial charge in [-0.1, -0.05) is 30.3 Å². The zero-order valence-electron chi connectivity index (χ0n) is 10.3. The number of H-pyrrole nitrogens is 1. The van der Waals surface area contributed by atoms with E-state index in [1.54, 1.807) is 6.20 Å². The molecular weight excluding hydrogens is 246 g/mol. The van der Waals surface area contributed by atoms with Crippen molar-refractivity contribution in [3.8, 4) is 11.1 Å². The summed E-state index contributed by atoms with van der Waals surface area (Å²) in [5, 5.41) is 2.44. The molecule has 4 N–H and O–H groups in total. The number of urea groups is 1. The van der Waals surface area contributed by atoms with Crippen LogP contribution in [0.25, 0.3) is 11.1 Å². The van der Waals surface area contributed by atoms with E-state index in [0.29, 0.717) is 11.3 Å². The summed E-state index contributed by atoms with van der Waals surface area (Å²) in [6.07, 6.45) is 1.62. The van der Waals surface area contributed by atoms with Crippen molar-refractivity contribution in [3.05, 3.63) is 42.2 Å². The van der Waals surface area contributed by atoms with Crippen LogP contribution in [0, 0.1) is 0 Å². The van der Waals surface area contributed by atoms with Crippen LogP contribution in [0.1, 0.15) is 10.5 Å². The quantitative estimate of drug-likeness (QED) is 0.735. The van der Waals surface area contributed by atoms with Crippen LogP contribution >= 0.6 is 0 Å². The molecule has 1 aromatic carbocycles. The Morgan fingerprint density at radius 3 is 2.53 bits per heavy atom. The molecule has 0 saturated heterocycles. The number of carbonyl (C=O) groups excluding carboxylic acids is 2. The molecule has 0 aliphatic carbocycles. The highest BCUT2D eigenvalue weighted by molar-refractivity contribution is 6.04. The van der Waals surface area contributed by atoms with Gasteiger partial charge in [-0.2, -0.15) is 0 Å². The van der Waals surface area contributed by atoms with E-state index in [0.717, 1.165) is 5.56 Å². The van der Waals surface area contributed by atoms with Gasteiger partial charge in [0, 0.05) is 11.8 Å². The minimum atomic E-state index is -0.748. The summed E-state index contributed by atoms with van der Waals surface area (Å²) >= 11 is 0. The first kappa shape index (κ1) is 12.7. The molecule has 98 valence electrons. The fourth-order valence-electron chi connectivity index (χ4n) is 1.78. The van der Waals surface area contributed by atoms with Crippen molar-refractivity contribution >= 4 is 17.7 Å². The first-order valence-electron chi connectivity index (χ1n) is 5.55. The number of amides is 2. The fraction of sp³-hybridized carbons (Fsp3) is 0.0769. The standard InChI is InChI=1S/C13H13N3O3/c1-19-12(17)11-10(16-13(14)18)9(7-15-11)8-5-3-2-4-6-8/h2-7,15H,1H3,(H3,14,16,18). The van der Waals surface area contributed by atoms with Crippen molar-refractivity contribution in [2.75, 3.05) is 12.4 Å². The van der Waals surface area contributed by atoms with Gasteiger partial charge in [0.05, 0.1) is 12.8 Å². The van der Waals surface area contributed by atoms with Gasteiger partial charge in [0.15, 0.2) is 0 Å². The Labute approximate surface area is 109 Å². The number of nitrogens with two attached hydrogens (primary N) is 1. The molecule has 0 fully saturated rings. The maximum atomic E-state index is 11.6. The lowest BCUT2D eigenvalue weighted by atomic mass is 10.1. The van der Waals surface area contributed by atoms with Gasteiger partial charge in [0.2, 0.25) is 0 Å². The normalized spacial score (nSPS) is 9.95. The third-order valence-electron chi connectivity index (χ3n) is 2.60. The van der Waals surface area contributed by atoms with Crippen molar-refractivity contribution in [3.63, 3.8) is 0 Å². The number of ether oxygens (including phenoxy) is 1. The van der Waals surface area contributed by atoms with Crippen LogP contribution < -0.4 is 11.1 Å². The van der Waals surface area contributed by atoms with E-state index in [9.17, 15) is 9.59 Å². The first-order chi connectivity index (χ1) is 9.13. The third-order valence-corrected chi connectivity index (χ3v) is 2.60. The van der Waals surface area contributed by atoms with E-state index >= 15 is 0 Å². The summed E-state index contributed by atoms with van der Waals surface area (Å²) in [7, 11) is 1.26. The Morgan fingerprint density at radius 1 is 1.26 bits per heavy atom. The lowest BCUT2D eigenvalue weighted by molar-refractivity contribution is 0.0596. The van der Waals surface area contributed by atoms with Gasteiger partial charge in [-0.05, 0) is 5.56 Å². The number of primary amides is 1. The van der Waals surface area contributed by atoms with Crippen molar-refractivity contribution in [1.82, 2.24) is 4.98 Å². The highest BCUT2D eigenvalue weighted by Gasteiger charge is 2.20. The van der Waals surface area contributed by atoms with Gasteiger partial charge in [-0.25, -0.2) is 9.59 Å². The Bertz CT molecular complexity index is 605. The SMILES string of the molecule is COC(=O)c1[nH]cc(-c2ccccc2)c1NC(N)=O. The van der Waals surface area contributed by atoms with Crippen LogP contribution in [-0.2, 0) is 4.74 Å². The number of esters is 1. The number of carbonyl (C=O) groups is 2. The molecule has 2 amide bonds. The molecule has 6 heteroatoms. The maximum absolute atomic E-state index is 11.6. The van der Waals surface area contributed by atoms with Crippen LogP contribution in [0.5, 0.6) is 0 Å². The molecule has 0 aliphatic rings. The predicted octanol–water partition coefficient (Wildman–Crippen LogP) is 1.96. The summed E-state index contributed by atoms with van der Waals surface area (Å²) in [5.74, 6) is -0.578. The molecule has 0 bridgehead atoms.